The van der Waals surface area contributed by atoms with E-state index in [0.717, 1.165) is 12.3 Å². The lowest BCUT2D eigenvalue weighted by Crippen LogP contribution is -2.31. The monoisotopic (exact) mass is 239 g/mol. The molecular weight excluding hydrogens is 222 g/mol. The van der Waals surface area contributed by atoms with Crippen molar-refractivity contribution in [2.24, 2.45) is 5.84 Å². The zero-order valence-electron chi connectivity index (χ0n) is 9.59. The number of carbonyl (C=O) groups excluding carboxylic acids is 1. The van der Waals surface area contributed by atoms with Gasteiger partial charge in [0.05, 0.1) is 19.2 Å². The second kappa shape index (κ2) is 5.81. The van der Waals surface area contributed by atoms with Crippen LogP contribution in [0.2, 0.25) is 0 Å². The molecular formula is C11H17N3O3. The molecule has 6 nitrogen and oxygen atoms in total. The molecule has 1 aliphatic carbocycles. The Bertz CT molecular complexity index is 349. The summed E-state index contributed by atoms with van der Waals surface area (Å²) in [5.41, 5.74) is 1.90. The summed E-state index contributed by atoms with van der Waals surface area (Å²) in [6.07, 6.45) is 4.35. The number of carbonyl (C=O) groups is 1. The minimum Gasteiger partial charge on any atom is -0.468 e. The van der Waals surface area contributed by atoms with Crippen LogP contribution < -0.4 is 11.4 Å². The molecule has 0 aromatic carbocycles. The first kappa shape index (κ1) is 12.1. The van der Waals surface area contributed by atoms with E-state index in [-0.39, 0.29) is 5.97 Å². The van der Waals surface area contributed by atoms with E-state index < -0.39 is 0 Å². The Balaban J connectivity index is 1.79. The summed E-state index contributed by atoms with van der Waals surface area (Å²) in [5, 5.41) is 0. The molecule has 0 saturated heterocycles. The van der Waals surface area contributed by atoms with E-state index in [1.165, 1.54) is 12.8 Å². The third-order valence-electron chi connectivity index (χ3n) is 2.78. The summed E-state index contributed by atoms with van der Waals surface area (Å²) >= 11 is 0. The second-order valence-electron chi connectivity index (χ2n) is 4.12. The van der Waals surface area contributed by atoms with E-state index in [1.54, 1.807) is 6.26 Å². The molecule has 1 aromatic rings. The molecule has 1 fully saturated rings. The lowest BCUT2D eigenvalue weighted by Gasteiger charge is -2.19. The van der Waals surface area contributed by atoms with Crippen LogP contribution >= 0.6 is 0 Å². The Labute approximate surface area is 99.6 Å². The maximum atomic E-state index is 11.2. The normalized spacial score (nSPS) is 15.2. The largest absolute Gasteiger partial charge is 0.468 e. The lowest BCUT2D eigenvalue weighted by molar-refractivity contribution is -0.151. The number of rotatable bonds is 7. The minimum atomic E-state index is -0.349. The van der Waals surface area contributed by atoms with Gasteiger partial charge in [0.2, 0.25) is 0 Å². The number of nitrogens with two attached hydrogens (primary N) is 1. The summed E-state index contributed by atoms with van der Waals surface area (Å²) in [6.45, 7) is 1.40. The third kappa shape index (κ3) is 3.85. The van der Waals surface area contributed by atoms with Gasteiger partial charge in [0.15, 0.2) is 0 Å². The van der Waals surface area contributed by atoms with Gasteiger partial charge in [-0.05, 0) is 25.0 Å². The maximum Gasteiger partial charge on any atom is 0.327 e. The highest BCUT2D eigenvalue weighted by Crippen LogP contribution is 2.28. The van der Waals surface area contributed by atoms with Crippen LogP contribution in [0, 0.1) is 0 Å². The molecule has 94 valence electrons. The third-order valence-corrected chi connectivity index (χ3v) is 2.78. The number of nitrogens with one attached hydrogen (secondary N) is 1. The quantitative estimate of drug-likeness (QED) is 0.534. The summed E-state index contributed by atoms with van der Waals surface area (Å²) in [7, 11) is 0. The van der Waals surface area contributed by atoms with Crippen molar-refractivity contribution in [2.45, 2.75) is 31.8 Å². The number of nitrogens with zero attached hydrogens (tertiary/aromatic N) is 1. The van der Waals surface area contributed by atoms with Crippen LogP contribution in [0.25, 0.3) is 0 Å². The average molecular weight is 239 g/mol. The number of hydrogen-bond acceptors (Lipinski definition) is 6. The Morgan fingerprint density at radius 2 is 2.47 bits per heavy atom. The molecule has 1 saturated carbocycles. The van der Waals surface area contributed by atoms with Crippen molar-refractivity contribution in [1.82, 2.24) is 10.5 Å². The van der Waals surface area contributed by atoms with Gasteiger partial charge in [-0.1, -0.05) is 5.59 Å². The highest BCUT2D eigenvalue weighted by atomic mass is 16.7. The molecule has 1 heterocycles. The van der Waals surface area contributed by atoms with Gasteiger partial charge in [-0.3, -0.25) is 9.69 Å². The van der Waals surface area contributed by atoms with Gasteiger partial charge in [-0.15, -0.1) is 0 Å². The molecule has 2 rings (SSSR count). The van der Waals surface area contributed by atoms with Crippen molar-refractivity contribution < 1.29 is 14.0 Å². The molecule has 1 aromatic heterocycles. The molecule has 1 aliphatic rings. The van der Waals surface area contributed by atoms with Crippen molar-refractivity contribution in [3.8, 4) is 0 Å². The summed E-state index contributed by atoms with van der Waals surface area (Å²) in [4.78, 5) is 17.9. The maximum absolute atomic E-state index is 11.2. The zero-order valence-corrected chi connectivity index (χ0v) is 9.59. The zero-order chi connectivity index (χ0) is 12.1. The Morgan fingerprint density at radius 1 is 1.65 bits per heavy atom. The van der Waals surface area contributed by atoms with Crippen LogP contribution in [0.5, 0.6) is 0 Å². The van der Waals surface area contributed by atoms with Crippen molar-refractivity contribution in [1.29, 1.82) is 0 Å². The smallest absolute Gasteiger partial charge is 0.327 e. The number of hydrazine groups is 1. The van der Waals surface area contributed by atoms with Gasteiger partial charge in [0, 0.05) is 12.6 Å². The van der Waals surface area contributed by atoms with E-state index in [4.69, 9.17) is 10.3 Å². The van der Waals surface area contributed by atoms with Gasteiger partial charge >= 0.3 is 5.97 Å². The molecule has 6 heteroatoms. The van der Waals surface area contributed by atoms with E-state index in [2.05, 4.69) is 9.74 Å². The topological polar surface area (TPSA) is 80.7 Å². The van der Waals surface area contributed by atoms with Crippen LogP contribution in [-0.2, 0) is 16.2 Å². The average Bonchev–Trinajstić information content (AvgIpc) is 3.03. The fraction of sp³-hybridized carbons (Fsp3) is 0.545. The molecule has 17 heavy (non-hydrogen) atoms. The summed E-state index contributed by atoms with van der Waals surface area (Å²) in [5.74, 6) is 5.47. The molecule has 0 atom stereocenters. The van der Waals surface area contributed by atoms with Crippen LogP contribution in [0.3, 0.4) is 0 Å². The van der Waals surface area contributed by atoms with Crippen LogP contribution in [-0.4, -0.2) is 23.5 Å². The van der Waals surface area contributed by atoms with E-state index in [9.17, 15) is 4.79 Å². The first-order valence-corrected chi connectivity index (χ1v) is 5.71. The molecule has 0 unspecified atom stereocenters. The standard InChI is InChI=1S/C11H17N3O3/c12-13-17-11(15)5-6-14(9-3-4-9)8-10-2-1-7-16-10/h1-2,7,9,13H,3-6,8,12H2. The van der Waals surface area contributed by atoms with Gasteiger partial charge in [0.25, 0.3) is 0 Å². The van der Waals surface area contributed by atoms with Crippen molar-refractivity contribution in [3.05, 3.63) is 24.2 Å². The van der Waals surface area contributed by atoms with Gasteiger partial charge < -0.3 is 9.25 Å². The van der Waals surface area contributed by atoms with Crippen LogP contribution in [0.15, 0.2) is 22.8 Å². The predicted octanol–water partition coefficient (Wildman–Crippen LogP) is 0.556. The fourth-order valence-corrected chi connectivity index (χ4v) is 1.78. The van der Waals surface area contributed by atoms with Crippen molar-refractivity contribution in [3.63, 3.8) is 0 Å². The van der Waals surface area contributed by atoms with Crippen molar-refractivity contribution >= 4 is 5.97 Å². The Hall–Kier alpha value is -1.37. The van der Waals surface area contributed by atoms with Crippen LogP contribution in [0.4, 0.5) is 0 Å². The molecule has 0 amide bonds. The molecule has 3 N–H and O–H groups in total. The first-order chi connectivity index (χ1) is 8.29. The molecule has 0 aliphatic heterocycles. The van der Waals surface area contributed by atoms with Gasteiger partial charge in [0.1, 0.15) is 5.76 Å². The second-order valence-corrected chi connectivity index (χ2v) is 4.12. The van der Waals surface area contributed by atoms with E-state index in [1.807, 2.05) is 17.7 Å². The SMILES string of the molecule is NNOC(=O)CCN(Cc1ccco1)C1CC1. The van der Waals surface area contributed by atoms with Crippen LogP contribution in [0.1, 0.15) is 25.0 Å². The van der Waals surface area contributed by atoms with Gasteiger partial charge in [-0.2, -0.15) is 0 Å². The molecule has 0 bridgehead atoms. The highest BCUT2D eigenvalue weighted by molar-refractivity contribution is 5.69. The van der Waals surface area contributed by atoms with Gasteiger partial charge in [-0.25, -0.2) is 5.84 Å². The van der Waals surface area contributed by atoms with Crippen molar-refractivity contribution in [2.75, 3.05) is 6.54 Å². The first-order valence-electron chi connectivity index (χ1n) is 5.71. The Kier molecular flexibility index (Phi) is 4.13. The molecule has 0 radical (unpaired) electrons. The highest BCUT2D eigenvalue weighted by Gasteiger charge is 2.29. The predicted molar refractivity (Wildman–Crippen MR) is 60.2 cm³/mol. The molecule has 0 spiro atoms. The number of hydrogen-bond donors (Lipinski definition) is 2. The minimum absolute atomic E-state index is 0.321. The summed E-state index contributed by atoms with van der Waals surface area (Å²) < 4.78 is 5.31. The summed E-state index contributed by atoms with van der Waals surface area (Å²) in [6, 6.07) is 4.38. The number of furan rings is 1. The lowest BCUT2D eigenvalue weighted by atomic mass is 10.3. The Morgan fingerprint density at radius 3 is 3.06 bits per heavy atom. The van der Waals surface area contributed by atoms with E-state index in [0.29, 0.717) is 19.0 Å². The fourth-order valence-electron chi connectivity index (χ4n) is 1.78. The van der Waals surface area contributed by atoms with E-state index >= 15 is 0 Å².